The lowest BCUT2D eigenvalue weighted by atomic mass is 9.93. The van der Waals surface area contributed by atoms with Crippen LogP contribution in [0.2, 0.25) is 0 Å². The van der Waals surface area contributed by atoms with Gasteiger partial charge in [0, 0.05) is 18.1 Å². The van der Waals surface area contributed by atoms with Gasteiger partial charge in [0.2, 0.25) is 0 Å². The standard InChI is InChI=1S/C23H25BO5/c1-6-18(13-14-28-23(26)16(2)3)8-7-17(4)29-22(25)12-10-19-9-11-21(27-5)20(24)15-19/h6-12,15H,2,4,13-14H2,1,3,5H3/b8-7-,12-10+,18-6+. The molecule has 1 aromatic rings. The molecular weight excluding hydrogens is 367 g/mol. The molecular formula is C23H25BO5. The van der Waals surface area contributed by atoms with Crippen LogP contribution in [0.5, 0.6) is 5.75 Å². The molecule has 0 atom stereocenters. The Morgan fingerprint density at radius 1 is 1.17 bits per heavy atom. The van der Waals surface area contributed by atoms with E-state index in [4.69, 9.17) is 22.1 Å². The van der Waals surface area contributed by atoms with E-state index in [-0.39, 0.29) is 12.4 Å². The fraction of sp³-hybridized carbons (Fsp3) is 0.217. The maximum Gasteiger partial charge on any atom is 0.336 e. The molecule has 0 saturated heterocycles. The second-order valence-corrected chi connectivity index (χ2v) is 6.09. The largest absolute Gasteiger partial charge is 0.497 e. The van der Waals surface area contributed by atoms with Crippen LogP contribution in [-0.4, -0.2) is 33.5 Å². The van der Waals surface area contributed by atoms with E-state index in [1.807, 2.05) is 13.0 Å². The highest BCUT2D eigenvalue weighted by Gasteiger charge is 2.04. The maximum atomic E-state index is 11.9. The highest BCUT2D eigenvalue weighted by molar-refractivity contribution is 6.34. The summed E-state index contributed by atoms with van der Waals surface area (Å²) in [4.78, 5) is 23.3. The van der Waals surface area contributed by atoms with Crippen molar-refractivity contribution in [2.45, 2.75) is 20.3 Å². The summed E-state index contributed by atoms with van der Waals surface area (Å²) in [5, 5.41) is 0. The number of hydrogen-bond acceptors (Lipinski definition) is 5. The van der Waals surface area contributed by atoms with E-state index < -0.39 is 11.9 Å². The van der Waals surface area contributed by atoms with Crippen molar-refractivity contribution in [2.24, 2.45) is 0 Å². The van der Waals surface area contributed by atoms with Crippen LogP contribution in [0.15, 0.2) is 72.6 Å². The van der Waals surface area contributed by atoms with Crippen LogP contribution >= 0.6 is 0 Å². The Hall–Kier alpha value is -3.28. The van der Waals surface area contributed by atoms with Crippen LogP contribution < -0.4 is 10.2 Å². The van der Waals surface area contributed by atoms with Crippen LogP contribution in [0, 0.1) is 0 Å². The second kappa shape index (κ2) is 12.2. The number of ether oxygens (including phenoxy) is 3. The first-order valence-electron chi connectivity index (χ1n) is 8.95. The molecule has 1 aromatic carbocycles. The number of carbonyl (C=O) groups is 2. The normalized spacial score (nSPS) is 11.5. The Morgan fingerprint density at radius 3 is 2.48 bits per heavy atom. The average molecular weight is 392 g/mol. The monoisotopic (exact) mass is 392 g/mol. The zero-order valence-corrected chi connectivity index (χ0v) is 17.1. The predicted molar refractivity (Wildman–Crippen MR) is 116 cm³/mol. The summed E-state index contributed by atoms with van der Waals surface area (Å²) in [6, 6.07) is 5.18. The number of rotatable bonds is 10. The number of benzene rings is 1. The van der Waals surface area contributed by atoms with Gasteiger partial charge in [0.05, 0.1) is 13.7 Å². The Morgan fingerprint density at radius 2 is 1.90 bits per heavy atom. The molecule has 150 valence electrons. The third-order valence-corrected chi connectivity index (χ3v) is 3.72. The summed E-state index contributed by atoms with van der Waals surface area (Å²) in [7, 11) is 7.36. The van der Waals surface area contributed by atoms with Crippen molar-refractivity contribution in [1.82, 2.24) is 0 Å². The number of esters is 2. The lowest BCUT2D eigenvalue weighted by Crippen LogP contribution is -2.07. The molecule has 1 rings (SSSR count). The highest BCUT2D eigenvalue weighted by atomic mass is 16.5. The van der Waals surface area contributed by atoms with Crippen molar-refractivity contribution in [3.8, 4) is 5.75 Å². The molecule has 0 aliphatic rings. The van der Waals surface area contributed by atoms with Gasteiger partial charge in [-0.2, -0.15) is 0 Å². The van der Waals surface area contributed by atoms with Gasteiger partial charge in [0.25, 0.3) is 0 Å². The first kappa shape index (κ1) is 23.8. The van der Waals surface area contributed by atoms with Crippen molar-refractivity contribution in [2.75, 3.05) is 13.7 Å². The van der Waals surface area contributed by atoms with E-state index in [1.54, 1.807) is 43.4 Å². The van der Waals surface area contributed by atoms with Crippen LogP contribution in [0.4, 0.5) is 0 Å². The van der Waals surface area contributed by atoms with E-state index in [0.29, 0.717) is 23.2 Å². The maximum absolute atomic E-state index is 11.9. The van der Waals surface area contributed by atoms with Gasteiger partial charge in [0.15, 0.2) is 0 Å². The van der Waals surface area contributed by atoms with Crippen molar-refractivity contribution in [1.29, 1.82) is 0 Å². The fourth-order valence-corrected chi connectivity index (χ4v) is 2.13. The molecule has 0 aliphatic carbocycles. The quantitative estimate of drug-likeness (QED) is 0.200. The Kier molecular flexibility index (Phi) is 10.0. The third-order valence-electron chi connectivity index (χ3n) is 3.72. The van der Waals surface area contributed by atoms with E-state index in [1.165, 1.54) is 13.2 Å². The van der Waals surface area contributed by atoms with E-state index in [0.717, 1.165) is 11.1 Å². The molecule has 2 radical (unpaired) electrons. The molecule has 0 amide bonds. The molecule has 0 aromatic heterocycles. The lowest BCUT2D eigenvalue weighted by molar-refractivity contribution is -0.138. The second-order valence-electron chi connectivity index (χ2n) is 6.09. The highest BCUT2D eigenvalue weighted by Crippen LogP contribution is 2.11. The summed E-state index contributed by atoms with van der Waals surface area (Å²) in [6.07, 6.45) is 8.59. The Balaban J connectivity index is 2.53. The minimum Gasteiger partial charge on any atom is -0.497 e. The van der Waals surface area contributed by atoms with Crippen molar-refractivity contribution in [3.63, 3.8) is 0 Å². The summed E-state index contributed by atoms with van der Waals surface area (Å²) >= 11 is 0. The third kappa shape index (κ3) is 8.97. The zero-order chi connectivity index (χ0) is 21.8. The molecule has 0 bridgehead atoms. The van der Waals surface area contributed by atoms with Gasteiger partial charge in [-0.25, -0.2) is 9.59 Å². The van der Waals surface area contributed by atoms with Crippen molar-refractivity contribution >= 4 is 31.3 Å². The van der Waals surface area contributed by atoms with Gasteiger partial charge >= 0.3 is 11.9 Å². The fourth-order valence-electron chi connectivity index (χ4n) is 2.13. The average Bonchev–Trinajstić information content (AvgIpc) is 2.68. The number of carbonyl (C=O) groups excluding carboxylic acids is 2. The van der Waals surface area contributed by atoms with Gasteiger partial charge in [-0.15, -0.1) is 0 Å². The SMILES string of the molecule is [B]c1cc(/C=C/C(=O)OC(=C)/C=C\C(=C/C)CCOC(=O)C(=C)C)ccc1OC. The predicted octanol–water partition coefficient (Wildman–Crippen LogP) is 3.57. The molecule has 0 spiro atoms. The summed E-state index contributed by atoms with van der Waals surface area (Å²) in [5.41, 5.74) is 2.47. The first-order valence-corrected chi connectivity index (χ1v) is 8.95. The van der Waals surface area contributed by atoms with E-state index >= 15 is 0 Å². The summed E-state index contributed by atoms with van der Waals surface area (Å²) < 4.78 is 15.3. The zero-order valence-electron chi connectivity index (χ0n) is 17.1. The molecule has 0 fully saturated rings. The van der Waals surface area contributed by atoms with Gasteiger partial charge in [0.1, 0.15) is 19.4 Å². The van der Waals surface area contributed by atoms with Gasteiger partial charge < -0.3 is 14.2 Å². The Labute approximate surface area is 173 Å². The number of hydrogen-bond donors (Lipinski definition) is 0. The minimum atomic E-state index is -0.563. The number of allylic oxidation sites excluding steroid dienone is 3. The molecule has 0 unspecified atom stereocenters. The van der Waals surface area contributed by atoms with Crippen LogP contribution in [0.1, 0.15) is 25.8 Å². The van der Waals surface area contributed by atoms with Gasteiger partial charge in [-0.1, -0.05) is 42.9 Å². The van der Waals surface area contributed by atoms with Crippen LogP contribution in [-0.2, 0) is 19.1 Å². The summed E-state index contributed by atoms with van der Waals surface area (Å²) in [6.45, 7) is 10.9. The molecule has 29 heavy (non-hydrogen) atoms. The first-order chi connectivity index (χ1) is 13.8. The lowest BCUT2D eigenvalue weighted by Gasteiger charge is -2.06. The minimum absolute atomic E-state index is 0.187. The van der Waals surface area contributed by atoms with E-state index in [9.17, 15) is 9.59 Å². The topological polar surface area (TPSA) is 61.8 Å². The molecule has 0 heterocycles. The Bertz CT molecular complexity index is 862. The van der Waals surface area contributed by atoms with Crippen molar-refractivity contribution in [3.05, 3.63) is 78.1 Å². The van der Waals surface area contributed by atoms with Gasteiger partial charge in [-0.05, 0) is 43.2 Å². The molecule has 5 nitrogen and oxygen atoms in total. The molecule has 6 heteroatoms. The van der Waals surface area contributed by atoms with Crippen LogP contribution in [0.25, 0.3) is 6.08 Å². The molecule has 0 saturated carbocycles. The molecule has 0 aliphatic heterocycles. The van der Waals surface area contributed by atoms with Crippen molar-refractivity contribution < 1.29 is 23.8 Å². The summed E-state index contributed by atoms with van der Waals surface area (Å²) in [5.74, 6) is -0.232. The smallest absolute Gasteiger partial charge is 0.336 e. The van der Waals surface area contributed by atoms with E-state index in [2.05, 4.69) is 13.2 Å². The molecule has 0 N–H and O–H groups in total. The van der Waals surface area contributed by atoms with Gasteiger partial charge in [-0.3, -0.25) is 0 Å². The number of methoxy groups -OCH3 is 1. The van der Waals surface area contributed by atoms with Crippen LogP contribution in [0.3, 0.4) is 0 Å².